The van der Waals surface area contributed by atoms with Crippen molar-refractivity contribution in [3.63, 3.8) is 0 Å². The van der Waals surface area contributed by atoms with Crippen molar-refractivity contribution in [2.75, 3.05) is 0 Å². The first-order chi connectivity index (χ1) is 9.27. The van der Waals surface area contributed by atoms with Crippen molar-refractivity contribution in [3.05, 3.63) is 70.8 Å². The van der Waals surface area contributed by atoms with E-state index in [0.29, 0.717) is 5.56 Å². The van der Waals surface area contributed by atoms with E-state index < -0.39 is 12.0 Å². The second kappa shape index (κ2) is 3.54. The van der Waals surface area contributed by atoms with Gasteiger partial charge in [-0.3, -0.25) is 9.59 Å². The Kier molecular flexibility index (Phi) is 1.96. The van der Waals surface area contributed by atoms with Crippen LogP contribution in [0.4, 0.5) is 0 Å². The summed E-state index contributed by atoms with van der Waals surface area (Å²) in [7, 11) is 0. The SMILES string of the molecule is O=C1c2ccccc2C2C(=O)OC1c1ccccc12. The third kappa shape index (κ3) is 1.27. The molecular formula is C16H10O3. The van der Waals surface area contributed by atoms with Gasteiger partial charge < -0.3 is 4.74 Å². The zero-order chi connectivity index (χ0) is 13.0. The molecule has 0 saturated carbocycles. The Bertz CT molecular complexity index is 717. The van der Waals surface area contributed by atoms with Crippen LogP contribution in [0, 0.1) is 0 Å². The molecule has 2 bridgehead atoms. The van der Waals surface area contributed by atoms with Crippen LogP contribution in [0.3, 0.4) is 0 Å². The van der Waals surface area contributed by atoms with Crippen LogP contribution >= 0.6 is 0 Å². The molecule has 2 aromatic carbocycles. The first-order valence-corrected chi connectivity index (χ1v) is 6.20. The Labute approximate surface area is 109 Å². The van der Waals surface area contributed by atoms with Crippen LogP contribution in [0.2, 0.25) is 0 Å². The highest BCUT2D eigenvalue weighted by Crippen LogP contribution is 2.44. The molecule has 0 spiro atoms. The fraction of sp³-hybridized carbons (Fsp3) is 0.125. The second-order valence-corrected chi connectivity index (χ2v) is 4.83. The van der Waals surface area contributed by atoms with E-state index in [1.165, 1.54) is 0 Å². The van der Waals surface area contributed by atoms with Gasteiger partial charge in [-0.25, -0.2) is 0 Å². The van der Waals surface area contributed by atoms with Crippen molar-refractivity contribution in [1.29, 1.82) is 0 Å². The topological polar surface area (TPSA) is 43.4 Å². The summed E-state index contributed by atoms with van der Waals surface area (Å²) in [6.07, 6.45) is -0.788. The van der Waals surface area contributed by atoms with E-state index in [9.17, 15) is 9.59 Å². The molecule has 0 aromatic heterocycles. The molecule has 19 heavy (non-hydrogen) atoms. The van der Waals surface area contributed by atoms with Gasteiger partial charge in [0, 0.05) is 11.1 Å². The van der Waals surface area contributed by atoms with Crippen molar-refractivity contribution in [2.45, 2.75) is 12.0 Å². The van der Waals surface area contributed by atoms with Gasteiger partial charge in [-0.1, -0.05) is 48.5 Å². The molecule has 0 radical (unpaired) electrons. The summed E-state index contributed by atoms with van der Waals surface area (Å²) in [5, 5.41) is 0. The predicted octanol–water partition coefficient (Wildman–Crippen LogP) is 2.61. The Morgan fingerprint density at radius 3 is 2.21 bits per heavy atom. The molecule has 0 amide bonds. The van der Waals surface area contributed by atoms with Gasteiger partial charge in [0.05, 0.1) is 0 Å². The first kappa shape index (κ1) is 10.5. The van der Waals surface area contributed by atoms with Crippen LogP contribution in [-0.2, 0) is 9.53 Å². The number of fused-ring (bicyclic) bond motifs is 1. The number of esters is 1. The van der Waals surface area contributed by atoms with Crippen LogP contribution in [0.25, 0.3) is 0 Å². The Morgan fingerprint density at radius 1 is 0.789 bits per heavy atom. The van der Waals surface area contributed by atoms with Crippen molar-refractivity contribution < 1.29 is 14.3 Å². The lowest BCUT2D eigenvalue weighted by Crippen LogP contribution is -2.26. The number of rotatable bonds is 0. The Hall–Kier alpha value is -2.42. The van der Waals surface area contributed by atoms with Gasteiger partial charge >= 0.3 is 5.97 Å². The van der Waals surface area contributed by atoms with E-state index in [2.05, 4.69) is 0 Å². The van der Waals surface area contributed by atoms with Crippen molar-refractivity contribution >= 4 is 11.8 Å². The zero-order valence-electron chi connectivity index (χ0n) is 10.00. The maximum absolute atomic E-state index is 12.5. The molecule has 3 heteroatoms. The summed E-state index contributed by atoms with van der Waals surface area (Å²) in [4.78, 5) is 24.7. The molecule has 1 aliphatic carbocycles. The van der Waals surface area contributed by atoms with E-state index in [-0.39, 0.29) is 11.8 Å². The number of hydrogen-bond acceptors (Lipinski definition) is 3. The number of carbonyl (C=O) groups is 2. The van der Waals surface area contributed by atoms with E-state index in [1.54, 1.807) is 6.07 Å². The summed E-state index contributed by atoms with van der Waals surface area (Å²) >= 11 is 0. The summed E-state index contributed by atoms with van der Waals surface area (Å²) in [5.74, 6) is -0.937. The third-order valence-corrected chi connectivity index (χ3v) is 3.83. The number of hydrogen-bond donors (Lipinski definition) is 0. The molecule has 2 heterocycles. The third-order valence-electron chi connectivity index (χ3n) is 3.83. The minimum Gasteiger partial charge on any atom is -0.448 e. The van der Waals surface area contributed by atoms with Crippen LogP contribution in [0.5, 0.6) is 0 Å². The molecule has 92 valence electrons. The van der Waals surface area contributed by atoms with Gasteiger partial charge in [-0.15, -0.1) is 0 Å². The highest BCUT2D eigenvalue weighted by molar-refractivity contribution is 6.07. The second-order valence-electron chi connectivity index (χ2n) is 4.83. The zero-order valence-corrected chi connectivity index (χ0v) is 10.00. The van der Waals surface area contributed by atoms with Gasteiger partial charge in [-0.2, -0.15) is 0 Å². The molecule has 5 rings (SSSR count). The standard InChI is InChI=1S/C16H10O3/c17-14-11-7-3-1-5-9(11)13-10-6-2-4-8-12(10)15(14)19-16(13)18/h1-8,13,15H. The fourth-order valence-electron chi connectivity index (χ4n) is 2.99. The first-order valence-electron chi connectivity index (χ1n) is 6.20. The van der Waals surface area contributed by atoms with Crippen LogP contribution < -0.4 is 0 Å². The quantitative estimate of drug-likeness (QED) is 0.675. The Balaban J connectivity index is 2.11. The van der Waals surface area contributed by atoms with Crippen molar-refractivity contribution in [2.24, 2.45) is 0 Å². The lowest BCUT2D eigenvalue weighted by Gasteiger charge is -2.26. The molecule has 2 aromatic rings. The molecule has 0 fully saturated rings. The van der Waals surface area contributed by atoms with Gasteiger partial charge in [-0.05, 0) is 11.1 Å². The van der Waals surface area contributed by atoms with Crippen LogP contribution in [0.1, 0.15) is 39.1 Å². The van der Waals surface area contributed by atoms with Crippen LogP contribution in [0.15, 0.2) is 48.5 Å². The number of ketones is 1. The highest BCUT2D eigenvalue weighted by atomic mass is 16.5. The molecule has 0 N–H and O–H groups in total. The average molecular weight is 250 g/mol. The minimum atomic E-state index is -0.788. The normalized spacial score (nSPS) is 23.4. The fourth-order valence-corrected chi connectivity index (χ4v) is 2.99. The number of Topliss-reactive ketones (excluding diaryl/α,β-unsaturated/α-hetero) is 1. The molecular weight excluding hydrogens is 240 g/mol. The van der Waals surface area contributed by atoms with E-state index >= 15 is 0 Å². The van der Waals surface area contributed by atoms with E-state index in [0.717, 1.165) is 16.7 Å². The monoisotopic (exact) mass is 250 g/mol. The molecule has 3 nitrogen and oxygen atoms in total. The molecule has 2 unspecified atom stereocenters. The lowest BCUT2D eigenvalue weighted by atomic mass is 9.87. The average Bonchev–Trinajstić information content (AvgIpc) is 2.62. The van der Waals surface area contributed by atoms with Gasteiger partial charge in [0.15, 0.2) is 6.10 Å². The molecule has 2 aliphatic heterocycles. The number of ether oxygens (including phenoxy) is 1. The lowest BCUT2D eigenvalue weighted by molar-refractivity contribution is -0.149. The number of carbonyl (C=O) groups excluding carboxylic acids is 2. The Morgan fingerprint density at radius 2 is 1.42 bits per heavy atom. The maximum atomic E-state index is 12.5. The maximum Gasteiger partial charge on any atom is 0.319 e. The van der Waals surface area contributed by atoms with Gasteiger partial charge in [0.1, 0.15) is 5.92 Å². The highest BCUT2D eigenvalue weighted by Gasteiger charge is 2.44. The van der Waals surface area contributed by atoms with Gasteiger partial charge in [0.25, 0.3) is 0 Å². The summed E-state index contributed by atoms with van der Waals surface area (Å²) < 4.78 is 5.34. The molecule has 3 aliphatic rings. The predicted molar refractivity (Wildman–Crippen MR) is 67.9 cm³/mol. The number of benzene rings is 2. The smallest absolute Gasteiger partial charge is 0.319 e. The van der Waals surface area contributed by atoms with Gasteiger partial charge in [0.2, 0.25) is 5.78 Å². The molecule has 2 atom stereocenters. The summed E-state index contributed by atoms with van der Waals surface area (Å²) in [6.45, 7) is 0. The largest absolute Gasteiger partial charge is 0.448 e. The van der Waals surface area contributed by atoms with Crippen molar-refractivity contribution in [1.82, 2.24) is 0 Å². The summed E-state index contributed by atoms with van der Waals surface area (Å²) in [6, 6.07) is 14.8. The summed E-state index contributed by atoms with van der Waals surface area (Å²) in [5.41, 5.74) is 3.06. The molecule has 0 saturated heterocycles. The van der Waals surface area contributed by atoms with E-state index in [4.69, 9.17) is 4.74 Å². The van der Waals surface area contributed by atoms with Crippen LogP contribution in [-0.4, -0.2) is 11.8 Å². The van der Waals surface area contributed by atoms with E-state index in [1.807, 2.05) is 42.5 Å². The van der Waals surface area contributed by atoms with Crippen molar-refractivity contribution in [3.8, 4) is 0 Å². The minimum absolute atomic E-state index is 0.128.